The monoisotopic (exact) mass is 308 g/mol. The first-order valence-electron chi connectivity index (χ1n) is 8.28. The molecule has 0 heterocycles. The van der Waals surface area contributed by atoms with Crippen molar-refractivity contribution in [3.8, 4) is 0 Å². The number of halogens is 1. The SMILES string of the molecule is CCC(N)Cc1c(Cl)cccc1N(C)C1CCCC(C)C1. The Morgan fingerprint density at radius 2 is 2.14 bits per heavy atom. The summed E-state index contributed by atoms with van der Waals surface area (Å²) in [6.45, 7) is 4.50. The molecule has 0 aliphatic heterocycles. The van der Waals surface area contributed by atoms with Crippen LogP contribution >= 0.6 is 11.6 Å². The Labute approximate surface area is 134 Å². The summed E-state index contributed by atoms with van der Waals surface area (Å²) in [5.74, 6) is 0.826. The van der Waals surface area contributed by atoms with Crippen molar-refractivity contribution in [2.45, 2.75) is 64.5 Å². The van der Waals surface area contributed by atoms with E-state index in [4.69, 9.17) is 17.3 Å². The van der Waals surface area contributed by atoms with E-state index in [0.29, 0.717) is 6.04 Å². The molecule has 0 saturated heterocycles. The molecule has 1 aliphatic rings. The highest BCUT2D eigenvalue weighted by atomic mass is 35.5. The number of hydrogen-bond donors (Lipinski definition) is 1. The molecule has 0 bridgehead atoms. The van der Waals surface area contributed by atoms with Crippen molar-refractivity contribution >= 4 is 17.3 Å². The normalized spacial score (nSPS) is 23.9. The fourth-order valence-corrected chi connectivity index (χ4v) is 3.68. The number of nitrogens with zero attached hydrogens (tertiary/aromatic N) is 1. The third kappa shape index (κ3) is 4.14. The predicted molar refractivity (Wildman–Crippen MR) is 93.2 cm³/mol. The smallest absolute Gasteiger partial charge is 0.0459 e. The van der Waals surface area contributed by atoms with Gasteiger partial charge in [-0.05, 0) is 49.3 Å². The van der Waals surface area contributed by atoms with Gasteiger partial charge in [-0.25, -0.2) is 0 Å². The van der Waals surface area contributed by atoms with E-state index in [2.05, 4.69) is 37.9 Å². The standard InChI is InChI=1S/C18H29ClN2/c1-4-14(20)12-16-17(19)9-6-10-18(16)21(3)15-8-5-7-13(2)11-15/h6,9-10,13-15H,4-5,7-8,11-12,20H2,1-3H3. The van der Waals surface area contributed by atoms with Crippen LogP contribution in [0.25, 0.3) is 0 Å². The van der Waals surface area contributed by atoms with E-state index in [9.17, 15) is 0 Å². The van der Waals surface area contributed by atoms with Crippen LogP contribution in [0.15, 0.2) is 18.2 Å². The van der Waals surface area contributed by atoms with E-state index >= 15 is 0 Å². The van der Waals surface area contributed by atoms with Gasteiger partial charge >= 0.3 is 0 Å². The molecule has 1 fully saturated rings. The predicted octanol–water partition coefficient (Wildman–Crippen LogP) is 4.63. The van der Waals surface area contributed by atoms with Crippen LogP contribution in [-0.2, 0) is 6.42 Å². The van der Waals surface area contributed by atoms with Crippen LogP contribution in [0.5, 0.6) is 0 Å². The van der Waals surface area contributed by atoms with Crippen LogP contribution in [0.3, 0.4) is 0 Å². The number of rotatable bonds is 5. The number of benzene rings is 1. The summed E-state index contributed by atoms with van der Waals surface area (Å²) in [6.07, 6.45) is 7.11. The van der Waals surface area contributed by atoms with E-state index < -0.39 is 0 Å². The first kappa shape index (κ1) is 16.6. The molecule has 0 amide bonds. The second-order valence-corrected chi connectivity index (χ2v) is 7.05. The van der Waals surface area contributed by atoms with E-state index in [1.807, 2.05) is 6.07 Å². The summed E-state index contributed by atoms with van der Waals surface area (Å²) in [4.78, 5) is 2.44. The molecule has 3 unspecified atom stereocenters. The minimum absolute atomic E-state index is 0.183. The summed E-state index contributed by atoms with van der Waals surface area (Å²) in [7, 11) is 2.22. The largest absolute Gasteiger partial charge is 0.371 e. The average molecular weight is 309 g/mol. The molecule has 1 aliphatic carbocycles. The van der Waals surface area contributed by atoms with Gasteiger partial charge in [-0.15, -0.1) is 0 Å². The highest BCUT2D eigenvalue weighted by Gasteiger charge is 2.24. The highest BCUT2D eigenvalue weighted by molar-refractivity contribution is 6.31. The lowest BCUT2D eigenvalue weighted by Gasteiger charge is -2.37. The summed E-state index contributed by atoms with van der Waals surface area (Å²) >= 11 is 6.46. The van der Waals surface area contributed by atoms with Crippen molar-refractivity contribution in [1.29, 1.82) is 0 Å². The van der Waals surface area contributed by atoms with Gasteiger partial charge in [0.25, 0.3) is 0 Å². The Balaban J connectivity index is 2.23. The van der Waals surface area contributed by atoms with Gasteiger partial charge < -0.3 is 10.6 Å². The molecule has 118 valence electrons. The van der Waals surface area contributed by atoms with Crippen LogP contribution < -0.4 is 10.6 Å². The van der Waals surface area contributed by atoms with Crippen LogP contribution in [0.4, 0.5) is 5.69 Å². The highest BCUT2D eigenvalue weighted by Crippen LogP contribution is 2.34. The molecule has 1 saturated carbocycles. The van der Waals surface area contributed by atoms with Crippen molar-refractivity contribution in [3.63, 3.8) is 0 Å². The van der Waals surface area contributed by atoms with Crippen LogP contribution in [0.1, 0.15) is 51.5 Å². The lowest BCUT2D eigenvalue weighted by Crippen LogP contribution is -2.36. The van der Waals surface area contributed by atoms with Crippen molar-refractivity contribution in [3.05, 3.63) is 28.8 Å². The zero-order chi connectivity index (χ0) is 15.4. The minimum atomic E-state index is 0.183. The molecule has 2 nitrogen and oxygen atoms in total. The molecular formula is C18H29ClN2. The van der Waals surface area contributed by atoms with Crippen LogP contribution in [-0.4, -0.2) is 19.1 Å². The van der Waals surface area contributed by atoms with E-state index in [0.717, 1.165) is 23.8 Å². The van der Waals surface area contributed by atoms with Crippen molar-refractivity contribution in [1.82, 2.24) is 0 Å². The van der Waals surface area contributed by atoms with Gasteiger partial charge in [-0.2, -0.15) is 0 Å². The fraction of sp³-hybridized carbons (Fsp3) is 0.667. The van der Waals surface area contributed by atoms with Gasteiger partial charge in [-0.1, -0.05) is 44.4 Å². The van der Waals surface area contributed by atoms with Crippen LogP contribution in [0.2, 0.25) is 5.02 Å². The minimum Gasteiger partial charge on any atom is -0.371 e. The maximum Gasteiger partial charge on any atom is 0.0459 e. The first-order valence-corrected chi connectivity index (χ1v) is 8.66. The number of hydrogen-bond acceptors (Lipinski definition) is 2. The fourth-order valence-electron chi connectivity index (χ4n) is 3.44. The van der Waals surface area contributed by atoms with Gasteiger partial charge in [0.05, 0.1) is 0 Å². The summed E-state index contributed by atoms with van der Waals surface area (Å²) in [6, 6.07) is 7.05. The first-order chi connectivity index (χ1) is 10.0. The molecule has 2 N–H and O–H groups in total. The second-order valence-electron chi connectivity index (χ2n) is 6.65. The van der Waals surface area contributed by atoms with E-state index in [1.54, 1.807) is 0 Å². The molecule has 2 rings (SSSR count). The zero-order valence-corrected chi connectivity index (χ0v) is 14.4. The van der Waals surface area contributed by atoms with Crippen molar-refractivity contribution in [2.75, 3.05) is 11.9 Å². The lowest BCUT2D eigenvalue weighted by molar-refractivity contribution is 0.336. The topological polar surface area (TPSA) is 29.3 Å². The Hall–Kier alpha value is -0.730. The summed E-state index contributed by atoms with van der Waals surface area (Å²) in [5.41, 5.74) is 8.65. The van der Waals surface area contributed by atoms with Gasteiger partial charge in [0, 0.05) is 29.8 Å². The van der Waals surface area contributed by atoms with Crippen molar-refractivity contribution < 1.29 is 0 Å². The van der Waals surface area contributed by atoms with Crippen molar-refractivity contribution in [2.24, 2.45) is 11.7 Å². The summed E-state index contributed by atoms with van der Waals surface area (Å²) < 4.78 is 0. The summed E-state index contributed by atoms with van der Waals surface area (Å²) in [5, 5.41) is 0.854. The van der Waals surface area contributed by atoms with E-state index in [1.165, 1.54) is 36.9 Å². The number of anilines is 1. The molecule has 0 spiro atoms. The van der Waals surface area contributed by atoms with Gasteiger partial charge in [0.1, 0.15) is 0 Å². The second kappa shape index (κ2) is 7.51. The maximum atomic E-state index is 6.46. The molecule has 1 aromatic rings. The van der Waals surface area contributed by atoms with E-state index in [-0.39, 0.29) is 6.04 Å². The Morgan fingerprint density at radius 3 is 2.81 bits per heavy atom. The average Bonchev–Trinajstić information content (AvgIpc) is 2.48. The third-order valence-electron chi connectivity index (χ3n) is 4.92. The Bertz CT molecular complexity index is 461. The lowest BCUT2D eigenvalue weighted by atomic mass is 9.86. The molecule has 3 atom stereocenters. The van der Waals surface area contributed by atoms with Gasteiger partial charge in [0.2, 0.25) is 0 Å². The zero-order valence-electron chi connectivity index (χ0n) is 13.6. The number of nitrogens with two attached hydrogens (primary N) is 1. The maximum absolute atomic E-state index is 6.46. The molecule has 0 aromatic heterocycles. The molecular weight excluding hydrogens is 280 g/mol. The van der Waals surface area contributed by atoms with Gasteiger partial charge in [-0.3, -0.25) is 0 Å². The van der Waals surface area contributed by atoms with Gasteiger partial charge in [0.15, 0.2) is 0 Å². The molecule has 1 aromatic carbocycles. The quantitative estimate of drug-likeness (QED) is 0.859. The molecule has 21 heavy (non-hydrogen) atoms. The molecule has 0 radical (unpaired) electrons. The third-order valence-corrected chi connectivity index (χ3v) is 5.28. The van der Waals surface area contributed by atoms with Crippen LogP contribution in [0, 0.1) is 5.92 Å². The molecule has 3 heteroatoms. The Kier molecular flexibility index (Phi) is 5.95. The Morgan fingerprint density at radius 1 is 1.38 bits per heavy atom.